The van der Waals surface area contributed by atoms with Crippen molar-refractivity contribution in [1.82, 2.24) is 5.32 Å². The van der Waals surface area contributed by atoms with Crippen LogP contribution < -0.4 is 29.0 Å². The molecule has 0 aliphatic rings. The second-order valence-electron chi connectivity index (χ2n) is 8.43. The first-order valence-corrected chi connectivity index (χ1v) is 12.1. The molecule has 7 nitrogen and oxygen atoms in total. The van der Waals surface area contributed by atoms with Gasteiger partial charge in [0.2, 0.25) is 0 Å². The van der Waals surface area contributed by atoms with Crippen LogP contribution >= 0.6 is 0 Å². The largest absolute Gasteiger partial charge is 0.497 e. The number of nitrogens with one attached hydrogen (secondary N) is 1. The van der Waals surface area contributed by atoms with E-state index in [1.165, 1.54) is 5.56 Å². The van der Waals surface area contributed by atoms with Crippen molar-refractivity contribution in [3.8, 4) is 28.7 Å². The summed E-state index contributed by atoms with van der Waals surface area (Å²) in [5.41, 5.74) is 3.42. The molecule has 2 N–H and O–H groups in total. The van der Waals surface area contributed by atoms with Crippen LogP contribution in [0.1, 0.15) is 16.7 Å². The summed E-state index contributed by atoms with van der Waals surface area (Å²) in [7, 11) is 6.55. The van der Waals surface area contributed by atoms with Gasteiger partial charge in [-0.25, -0.2) is 0 Å². The van der Waals surface area contributed by atoms with Crippen LogP contribution in [0.2, 0.25) is 0 Å². The number of benzene rings is 3. The third kappa shape index (κ3) is 8.07. The molecule has 194 valence electrons. The quantitative estimate of drug-likeness (QED) is 0.308. The van der Waals surface area contributed by atoms with Gasteiger partial charge in [-0.15, -0.1) is 0 Å². The first-order valence-electron chi connectivity index (χ1n) is 12.1. The zero-order valence-corrected chi connectivity index (χ0v) is 21.6. The average molecular weight is 496 g/mol. The number of aryl methyl sites for hydroxylation is 2. The fraction of sp³-hybridized carbons (Fsp3) is 0.379. The van der Waals surface area contributed by atoms with Crippen molar-refractivity contribution in [1.29, 1.82) is 0 Å². The maximum atomic E-state index is 10.5. The minimum Gasteiger partial charge on any atom is -0.497 e. The number of rotatable bonds is 15. The van der Waals surface area contributed by atoms with Crippen LogP contribution in [0.4, 0.5) is 0 Å². The summed E-state index contributed by atoms with van der Waals surface area (Å²) in [6, 6.07) is 19.8. The average Bonchev–Trinajstić information content (AvgIpc) is 2.93. The Balaban J connectivity index is 1.47. The fourth-order valence-electron chi connectivity index (χ4n) is 3.86. The summed E-state index contributed by atoms with van der Waals surface area (Å²) >= 11 is 0. The highest BCUT2D eigenvalue weighted by Crippen LogP contribution is 2.28. The molecule has 1 atom stereocenters. The molecule has 0 amide bonds. The molecule has 3 aromatic rings. The van der Waals surface area contributed by atoms with Crippen LogP contribution in [-0.2, 0) is 19.3 Å². The van der Waals surface area contributed by atoms with Gasteiger partial charge >= 0.3 is 0 Å². The summed E-state index contributed by atoms with van der Waals surface area (Å²) < 4.78 is 27.3. The number of ether oxygens (including phenoxy) is 5. The van der Waals surface area contributed by atoms with Crippen molar-refractivity contribution in [3.05, 3.63) is 77.4 Å². The lowest BCUT2D eigenvalue weighted by Gasteiger charge is -2.17. The van der Waals surface area contributed by atoms with Crippen LogP contribution in [0.15, 0.2) is 60.7 Å². The summed E-state index contributed by atoms with van der Waals surface area (Å²) in [4.78, 5) is 0. The lowest BCUT2D eigenvalue weighted by molar-refractivity contribution is 0.106. The Morgan fingerprint density at radius 3 is 2.06 bits per heavy atom. The Kier molecular flexibility index (Phi) is 10.7. The molecule has 0 radical (unpaired) electrons. The van der Waals surface area contributed by atoms with Crippen LogP contribution in [0, 0.1) is 0 Å². The van der Waals surface area contributed by atoms with E-state index in [0.717, 1.165) is 54.2 Å². The second kappa shape index (κ2) is 14.2. The van der Waals surface area contributed by atoms with E-state index >= 15 is 0 Å². The first-order chi connectivity index (χ1) is 17.6. The maximum Gasteiger partial charge on any atom is 0.160 e. The third-order valence-corrected chi connectivity index (χ3v) is 5.97. The standard InChI is InChI=1S/C29H37NO6/c1-32-25-11-6-21(7-12-25)5-9-23-10-13-26(33-2)18-28(23)36-20-24(31)19-30-16-15-22-8-14-27(34-3)29(17-22)35-4/h6-8,10-14,17-18,24,30-31H,5,9,15-16,19-20H2,1-4H3. The molecule has 0 saturated carbocycles. The monoisotopic (exact) mass is 495 g/mol. The number of hydrogen-bond donors (Lipinski definition) is 2. The third-order valence-electron chi connectivity index (χ3n) is 5.97. The fourth-order valence-corrected chi connectivity index (χ4v) is 3.86. The molecule has 1 unspecified atom stereocenters. The normalized spacial score (nSPS) is 11.6. The van der Waals surface area contributed by atoms with Gasteiger partial charge in [0.05, 0.1) is 28.4 Å². The molecule has 0 aliphatic carbocycles. The molecule has 0 heterocycles. The molecule has 3 aromatic carbocycles. The van der Waals surface area contributed by atoms with Crippen molar-refractivity contribution < 1.29 is 28.8 Å². The topological polar surface area (TPSA) is 78.4 Å². The minimum absolute atomic E-state index is 0.187. The van der Waals surface area contributed by atoms with Crippen LogP contribution in [-0.4, -0.2) is 59.3 Å². The predicted molar refractivity (Wildman–Crippen MR) is 141 cm³/mol. The Morgan fingerprint density at radius 1 is 0.667 bits per heavy atom. The van der Waals surface area contributed by atoms with Gasteiger partial charge in [-0.2, -0.15) is 0 Å². The minimum atomic E-state index is -0.643. The van der Waals surface area contributed by atoms with Crippen molar-refractivity contribution in [2.75, 3.05) is 48.1 Å². The van der Waals surface area contributed by atoms with E-state index < -0.39 is 6.10 Å². The van der Waals surface area contributed by atoms with E-state index in [0.29, 0.717) is 18.0 Å². The molecule has 36 heavy (non-hydrogen) atoms. The molecule has 0 bridgehead atoms. The van der Waals surface area contributed by atoms with E-state index in [-0.39, 0.29) is 6.61 Å². The van der Waals surface area contributed by atoms with E-state index in [2.05, 4.69) is 17.4 Å². The Hall–Kier alpha value is -3.42. The molecule has 3 rings (SSSR count). The molecular formula is C29H37NO6. The van der Waals surface area contributed by atoms with Gasteiger partial charge in [-0.1, -0.05) is 24.3 Å². The number of aliphatic hydroxyl groups is 1. The Morgan fingerprint density at radius 2 is 1.36 bits per heavy atom. The summed E-state index contributed by atoms with van der Waals surface area (Å²) in [6.07, 6.45) is 1.84. The van der Waals surface area contributed by atoms with Gasteiger partial charge in [0.15, 0.2) is 11.5 Å². The first kappa shape index (κ1) is 27.2. The summed E-state index contributed by atoms with van der Waals surface area (Å²) in [5, 5.41) is 13.8. The van der Waals surface area contributed by atoms with Crippen LogP contribution in [0.25, 0.3) is 0 Å². The summed E-state index contributed by atoms with van der Waals surface area (Å²) in [5.74, 6) is 3.72. The van der Waals surface area contributed by atoms with Gasteiger partial charge < -0.3 is 34.1 Å². The van der Waals surface area contributed by atoms with Crippen LogP contribution in [0.3, 0.4) is 0 Å². The highest BCUT2D eigenvalue weighted by Gasteiger charge is 2.11. The summed E-state index contributed by atoms with van der Waals surface area (Å²) in [6.45, 7) is 1.34. The van der Waals surface area contributed by atoms with Crippen molar-refractivity contribution >= 4 is 0 Å². The molecular weight excluding hydrogens is 458 g/mol. The van der Waals surface area contributed by atoms with Crippen molar-refractivity contribution in [3.63, 3.8) is 0 Å². The molecule has 0 fully saturated rings. The van der Waals surface area contributed by atoms with Gasteiger partial charge in [0.1, 0.15) is 30.0 Å². The van der Waals surface area contributed by atoms with Gasteiger partial charge in [-0.05, 0) is 72.8 Å². The molecule has 0 spiro atoms. The number of methoxy groups -OCH3 is 4. The van der Waals surface area contributed by atoms with Gasteiger partial charge in [0, 0.05) is 12.6 Å². The van der Waals surface area contributed by atoms with E-state index in [1.54, 1.807) is 28.4 Å². The highest BCUT2D eigenvalue weighted by atomic mass is 16.5. The molecule has 0 aliphatic heterocycles. The maximum absolute atomic E-state index is 10.5. The highest BCUT2D eigenvalue weighted by molar-refractivity contribution is 5.43. The van der Waals surface area contributed by atoms with E-state index in [1.807, 2.05) is 48.5 Å². The van der Waals surface area contributed by atoms with Gasteiger partial charge in [-0.3, -0.25) is 0 Å². The lowest BCUT2D eigenvalue weighted by Crippen LogP contribution is -2.32. The predicted octanol–water partition coefficient (Wildman–Crippen LogP) is 4.08. The van der Waals surface area contributed by atoms with Gasteiger partial charge in [0.25, 0.3) is 0 Å². The van der Waals surface area contributed by atoms with Crippen molar-refractivity contribution in [2.24, 2.45) is 0 Å². The van der Waals surface area contributed by atoms with E-state index in [4.69, 9.17) is 23.7 Å². The smallest absolute Gasteiger partial charge is 0.160 e. The van der Waals surface area contributed by atoms with Crippen molar-refractivity contribution in [2.45, 2.75) is 25.4 Å². The Labute approximate surface area is 213 Å². The zero-order chi connectivity index (χ0) is 25.8. The second-order valence-corrected chi connectivity index (χ2v) is 8.43. The molecule has 7 heteroatoms. The number of aliphatic hydroxyl groups excluding tert-OH is 1. The zero-order valence-electron chi connectivity index (χ0n) is 21.6. The number of hydrogen-bond acceptors (Lipinski definition) is 7. The van der Waals surface area contributed by atoms with Crippen LogP contribution in [0.5, 0.6) is 28.7 Å². The molecule has 0 saturated heterocycles. The lowest BCUT2D eigenvalue weighted by atomic mass is 10.0. The van der Waals surface area contributed by atoms with E-state index in [9.17, 15) is 5.11 Å². The molecule has 0 aromatic heterocycles. The Bertz CT molecular complexity index is 1070. The SMILES string of the molecule is COc1ccc(CCc2ccc(OC)cc2OCC(O)CNCCc2ccc(OC)c(OC)c2)cc1.